The Labute approximate surface area is 112 Å². The smallest absolute Gasteiger partial charge is 0.309 e. The van der Waals surface area contributed by atoms with Gasteiger partial charge in [-0.3, -0.25) is 9.59 Å². The Morgan fingerprint density at radius 3 is 2.68 bits per heavy atom. The minimum Gasteiger partial charge on any atom is -0.452 e. The lowest BCUT2D eigenvalue weighted by molar-refractivity contribution is -0.154. The van der Waals surface area contributed by atoms with Crippen LogP contribution in [0.4, 0.5) is 5.82 Å². The topological polar surface area (TPSA) is 73.2 Å². The van der Waals surface area contributed by atoms with Crippen LogP contribution in [-0.4, -0.2) is 27.8 Å². The molecule has 6 heteroatoms. The molecule has 0 spiro atoms. The first kappa shape index (κ1) is 13.6. The van der Waals surface area contributed by atoms with Crippen LogP contribution in [0.1, 0.15) is 39.7 Å². The number of aromatic nitrogens is 2. The maximum Gasteiger partial charge on any atom is 0.309 e. The van der Waals surface area contributed by atoms with Crippen molar-refractivity contribution in [1.82, 2.24) is 9.78 Å². The average molecular weight is 265 g/mol. The highest BCUT2D eigenvalue weighted by Crippen LogP contribution is 2.30. The third-order valence-electron chi connectivity index (χ3n) is 2.98. The average Bonchev–Trinajstić information content (AvgIpc) is 3.09. The Balaban J connectivity index is 1.92. The van der Waals surface area contributed by atoms with E-state index in [4.69, 9.17) is 4.74 Å². The summed E-state index contributed by atoms with van der Waals surface area (Å²) in [5.41, 5.74) is 0. The number of carbonyl (C=O) groups excluding carboxylic acids is 2. The second-order valence-electron chi connectivity index (χ2n) is 5.10. The summed E-state index contributed by atoms with van der Waals surface area (Å²) in [7, 11) is 0. The molecule has 1 amide bonds. The van der Waals surface area contributed by atoms with E-state index in [-0.39, 0.29) is 23.8 Å². The third kappa shape index (κ3) is 3.33. The fourth-order valence-electron chi connectivity index (χ4n) is 1.70. The Hall–Kier alpha value is -1.85. The van der Waals surface area contributed by atoms with Crippen LogP contribution in [0.3, 0.4) is 0 Å². The number of esters is 1. The molecule has 1 aliphatic carbocycles. The lowest BCUT2D eigenvalue weighted by Crippen LogP contribution is -2.31. The van der Waals surface area contributed by atoms with E-state index in [9.17, 15) is 9.59 Å². The van der Waals surface area contributed by atoms with Gasteiger partial charge in [0.2, 0.25) is 0 Å². The van der Waals surface area contributed by atoms with Gasteiger partial charge in [0, 0.05) is 12.1 Å². The van der Waals surface area contributed by atoms with E-state index in [2.05, 4.69) is 10.4 Å². The van der Waals surface area contributed by atoms with Crippen LogP contribution in [0, 0.1) is 5.92 Å². The van der Waals surface area contributed by atoms with E-state index in [0.29, 0.717) is 5.82 Å². The molecule has 0 saturated heterocycles. The van der Waals surface area contributed by atoms with Crippen molar-refractivity contribution < 1.29 is 14.3 Å². The number of nitrogens with zero attached hydrogens (tertiary/aromatic N) is 2. The standard InChI is InChI=1S/C13H19N3O3/c1-8(2)16-11(6-7-14-16)15-12(17)9(3)19-13(18)10-4-5-10/h6-10H,4-5H2,1-3H3,(H,15,17). The number of amides is 1. The van der Waals surface area contributed by atoms with Crippen molar-refractivity contribution in [2.24, 2.45) is 5.92 Å². The molecule has 0 aliphatic heterocycles. The zero-order valence-electron chi connectivity index (χ0n) is 11.4. The fraction of sp³-hybridized carbons (Fsp3) is 0.615. The van der Waals surface area contributed by atoms with Crippen molar-refractivity contribution in [1.29, 1.82) is 0 Å². The maximum atomic E-state index is 11.9. The molecular weight excluding hydrogens is 246 g/mol. The predicted molar refractivity (Wildman–Crippen MR) is 69.5 cm³/mol. The molecule has 0 radical (unpaired) electrons. The lowest BCUT2D eigenvalue weighted by Gasteiger charge is -2.15. The molecule has 1 unspecified atom stereocenters. The SMILES string of the molecule is CC(OC(=O)C1CC1)C(=O)Nc1ccnn1C(C)C. The van der Waals surface area contributed by atoms with E-state index in [1.54, 1.807) is 23.9 Å². The second-order valence-corrected chi connectivity index (χ2v) is 5.10. The Kier molecular flexibility index (Phi) is 3.87. The summed E-state index contributed by atoms with van der Waals surface area (Å²) in [5, 5.41) is 6.84. The predicted octanol–water partition coefficient (Wildman–Crippen LogP) is 1.74. The zero-order valence-corrected chi connectivity index (χ0v) is 11.4. The molecule has 1 atom stereocenters. The van der Waals surface area contributed by atoms with Crippen LogP contribution in [-0.2, 0) is 14.3 Å². The first-order chi connectivity index (χ1) is 8.99. The summed E-state index contributed by atoms with van der Waals surface area (Å²) in [5.74, 6) is -0.0119. The molecule has 0 bridgehead atoms. The van der Waals surface area contributed by atoms with E-state index >= 15 is 0 Å². The van der Waals surface area contributed by atoms with E-state index < -0.39 is 6.10 Å². The van der Waals surface area contributed by atoms with Gasteiger partial charge in [-0.1, -0.05) is 0 Å². The van der Waals surface area contributed by atoms with Gasteiger partial charge >= 0.3 is 5.97 Å². The number of anilines is 1. The Morgan fingerprint density at radius 2 is 2.11 bits per heavy atom. The van der Waals surface area contributed by atoms with Crippen LogP contribution in [0.5, 0.6) is 0 Å². The highest BCUT2D eigenvalue weighted by atomic mass is 16.5. The molecule has 1 heterocycles. The minimum atomic E-state index is -0.788. The van der Waals surface area contributed by atoms with Crippen molar-refractivity contribution in [2.75, 3.05) is 5.32 Å². The summed E-state index contributed by atoms with van der Waals surface area (Å²) >= 11 is 0. The molecule has 1 N–H and O–H groups in total. The van der Waals surface area contributed by atoms with Crippen LogP contribution < -0.4 is 5.32 Å². The van der Waals surface area contributed by atoms with Gasteiger partial charge in [-0.25, -0.2) is 4.68 Å². The second kappa shape index (κ2) is 5.42. The third-order valence-corrected chi connectivity index (χ3v) is 2.98. The first-order valence-corrected chi connectivity index (χ1v) is 6.54. The number of hydrogen-bond acceptors (Lipinski definition) is 4. The van der Waals surface area contributed by atoms with Crippen LogP contribution >= 0.6 is 0 Å². The molecular formula is C13H19N3O3. The highest BCUT2D eigenvalue weighted by Gasteiger charge is 2.33. The summed E-state index contributed by atoms with van der Waals surface area (Å²) in [6, 6.07) is 1.86. The van der Waals surface area contributed by atoms with Gasteiger partial charge in [0.25, 0.3) is 5.91 Å². The van der Waals surface area contributed by atoms with Crippen molar-refractivity contribution in [3.05, 3.63) is 12.3 Å². The molecule has 2 rings (SSSR count). The molecule has 0 aromatic carbocycles. The van der Waals surface area contributed by atoms with Gasteiger partial charge in [0.15, 0.2) is 6.10 Å². The fourth-order valence-corrected chi connectivity index (χ4v) is 1.70. The van der Waals surface area contributed by atoms with Crippen LogP contribution in [0.2, 0.25) is 0 Å². The molecule has 1 saturated carbocycles. The minimum absolute atomic E-state index is 0.00329. The molecule has 1 aliphatic rings. The summed E-state index contributed by atoms with van der Waals surface area (Å²) in [6.45, 7) is 5.52. The van der Waals surface area contributed by atoms with Crippen LogP contribution in [0.25, 0.3) is 0 Å². The van der Waals surface area contributed by atoms with Crippen molar-refractivity contribution in [3.63, 3.8) is 0 Å². The van der Waals surface area contributed by atoms with Crippen molar-refractivity contribution >= 4 is 17.7 Å². The summed E-state index contributed by atoms with van der Waals surface area (Å²) < 4.78 is 6.81. The maximum absolute atomic E-state index is 11.9. The van der Waals surface area contributed by atoms with Crippen LogP contribution in [0.15, 0.2) is 12.3 Å². The Bertz CT molecular complexity index is 477. The number of nitrogens with one attached hydrogen (secondary N) is 1. The largest absolute Gasteiger partial charge is 0.452 e. The molecule has 1 aromatic rings. The van der Waals surface area contributed by atoms with Gasteiger partial charge in [-0.05, 0) is 33.6 Å². The van der Waals surface area contributed by atoms with E-state index in [1.807, 2.05) is 13.8 Å². The monoisotopic (exact) mass is 265 g/mol. The highest BCUT2D eigenvalue weighted by molar-refractivity contribution is 5.94. The lowest BCUT2D eigenvalue weighted by atomic mass is 10.3. The van der Waals surface area contributed by atoms with Gasteiger partial charge in [0.1, 0.15) is 5.82 Å². The van der Waals surface area contributed by atoms with Crippen molar-refractivity contribution in [3.8, 4) is 0 Å². The van der Waals surface area contributed by atoms with E-state index in [1.165, 1.54) is 0 Å². The molecule has 1 fully saturated rings. The number of carbonyl (C=O) groups is 2. The van der Waals surface area contributed by atoms with Gasteiger partial charge in [0.05, 0.1) is 12.1 Å². The first-order valence-electron chi connectivity index (χ1n) is 6.54. The normalized spacial score (nSPS) is 16.2. The van der Waals surface area contributed by atoms with Gasteiger partial charge in [-0.2, -0.15) is 5.10 Å². The molecule has 104 valence electrons. The molecule has 1 aromatic heterocycles. The number of rotatable bonds is 5. The number of hydrogen-bond donors (Lipinski definition) is 1. The number of ether oxygens (including phenoxy) is 1. The Morgan fingerprint density at radius 1 is 1.42 bits per heavy atom. The molecule has 19 heavy (non-hydrogen) atoms. The van der Waals surface area contributed by atoms with Gasteiger partial charge < -0.3 is 10.1 Å². The zero-order chi connectivity index (χ0) is 14.0. The summed E-state index contributed by atoms with van der Waals surface area (Å²) in [6.07, 6.45) is 2.57. The quantitative estimate of drug-likeness (QED) is 0.823. The summed E-state index contributed by atoms with van der Waals surface area (Å²) in [4.78, 5) is 23.4. The van der Waals surface area contributed by atoms with Crippen molar-refractivity contribution in [2.45, 2.75) is 45.8 Å². The molecule has 6 nitrogen and oxygen atoms in total. The van der Waals surface area contributed by atoms with Gasteiger partial charge in [-0.15, -0.1) is 0 Å². The van der Waals surface area contributed by atoms with E-state index in [0.717, 1.165) is 12.8 Å².